The summed E-state index contributed by atoms with van der Waals surface area (Å²) < 4.78 is 23.3. The molecule has 1 aliphatic carbocycles. The van der Waals surface area contributed by atoms with Gasteiger partial charge >= 0.3 is 0 Å². The second-order valence-electron chi connectivity index (χ2n) is 10.8. The molecule has 7 nitrogen and oxygen atoms in total. The highest BCUT2D eigenvalue weighted by atomic mass is 19.3. The van der Waals surface area contributed by atoms with Crippen molar-refractivity contribution in [2.75, 3.05) is 18.4 Å². The van der Waals surface area contributed by atoms with E-state index < -0.39 is 6.43 Å². The van der Waals surface area contributed by atoms with E-state index in [4.69, 9.17) is 17.9 Å². The van der Waals surface area contributed by atoms with Gasteiger partial charge in [0.1, 0.15) is 7.85 Å². The summed E-state index contributed by atoms with van der Waals surface area (Å²) in [6.45, 7) is 16.1. The van der Waals surface area contributed by atoms with Crippen LogP contribution in [-0.4, -0.2) is 69.1 Å². The number of pyridine rings is 1. The molecule has 4 heterocycles. The Morgan fingerprint density at radius 3 is 2.33 bits per heavy atom. The molecule has 1 saturated carbocycles. The number of anilines is 1. The molecule has 1 N–H and O–H groups in total. The quantitative estimate of drug-likeness (QED) is 0.279. The molecule has 10 heteroatoms. The van der Waals surface area contributed by atoms with Crippen LogP contribution in [0.25, 0.3) is 16.8 Å². The maximum Gasteiger partial charge on any atom is 0.240 e. The third-order valence-electron chi connectivity index (χ3n) is 7.55. The van der Waals surface area contributed by atoms with E-state index in [1.807, 2.05) is 63.5 Å². The predicted molar refractivity (Wildman–Crippen MR) is 163 cm³/mol. The Labute approximate surface area is 239 Å². The zero-order valence-corrected chi connectivity index (χ0v) is 25.1. The summed E-state index contributed by atoms with van der Waals surface area (Å²) in [7, 11) is 6.41. The molecule has 2 fully saturated rings. The first-order valence-electron chi connectivity index (χ1n) is 14.5. The van der Waals surface area contributed by atoms with Crippen LogP contribution in [0.1, 0.15) is 85.8 Å². The average Bonchev–Trinajstić information content (AvgIpc) is 3.35. The van der Waals surface area contributed by atoms with Crippen LogP contribution in [0.3, 0.4) is 0 Å². The first-order valence-corrected chi connectivity index (χ1v) is 14.5. The number of nitrogens with one attached hydrogen (secondary N) is 1. The summed E-state index contributed by atoms with van der Waals surface area (Å²) in [5.41, 5.74) is 6.20. The molecular formula is C30H44BF2N7. The van der Waals surface area contributed by atoms with Gasteiger partial charge < -0.3 is 5.32 Å². The second kappa shape index (κ2) is 14.1. The summed E-state index contributed by atoms with van der Waals surface area (Å²) in [5, 5.41) is 8.23. The number of hydrogen-bond donors (Lipinski definition) is 1. The van der Waals surface area contributed by atoms with Crippen molar-refractivity contribution in [3.8, 4) is 11.3 Å². The highest BCUT2D eigenvalue weighted by molar-refractivity contribution is 6.36. The van der Waals surface area contributed by atoms with Crippen LogP contribution < -0.4 is 10.9 Å². The number of likely N-dealkylation sites (tertiary alicyclic amines) is 1. The van der Waals surface area contributed by atoms with E-state index in [0.717, 1.165) is 59.8 Å². The minimum atomic E-state index is -2.12. The van der Waals surface area contributed by atoms with Crippen molar-refractivity contribution in [3.05, 3.63) is 30.1 Å². The van der Waals surface area contributed by atoms with E-state index in [1.54, 1.807) is 0 Å². The standard InChI is InChI=1S/C25H32BN7.C3H6F2.C2H6/c1-16(2)27-20-6-7-21(28-17(20)3)19-10-15-33-22(19)23(26)30-24(31-33)29-18-8-13-32(14-9-18)25(4)11-5-12-25;1-2-3(4)5;1-2/h6-7,10,15,18H,5,8-9,11-14H2,1-4H3,(H,29,31);3H,2H2,1H3;1-2H3. The first kappa shape index (κ1) is 31.6. The fourth-order valence-electron chi connectivity index (χ4n) is 5.13. The van der Waals surface area contributed by atoms with Gasteiger partial charge in [-0.15, -0.1) is 5.10 Å². The van der Waals surface area contributed by atoms with Crippen molar-refractivity contribution in [2.24, 2.45) is 4.99 Å². The van der Waals surface area contributed by atoms with Gasteiger partial charge in [-0.2, -0.15) is 0 Å². The summed E-state index contributed by atoms with van der Waals surface area (Å²) in [5.74, 6) is 0.586. The third-order valence-corrected chi connectivity index (χ3v) is 7.55. The molecule has 0 amide bonds. The van der Waals surface area contributed by atoms with Gasteiger partial charge in [-0.05, 0) is 78.0 Å². The van der Waals surface area contributed by atoms with E-state index in [1.165, 1.54) is 26.2 Å². The molecule has 3 aromatic heterocycles. The molecule has 1 saturated heterocycles. The monoisotopic (exact) mass is 551 g/mol. The normalized spacial score (nSPS) is 16.9. The van der Waals surface area contributed by atoms with E-state index >= 15 is 0 Å². The van der Waals surface area contributed by atoms with Crippen LogP contribution in [-0.2, 0) is 0 Å². The number of piperidine rings is 1. The van der Waals surface area contributed by atoms with E-state index in [9.17, 15) is 8.78 Å². The zero-order chi connectivity index (χ0) is 29.4. The second-order valence-corrected chi connectivity index (χ2v) is 10.8. The molecule has 216 valence electrons. The minimum absolute atomic E-state index is 0.0278. The molecule has 2 aliphatic rings. The lowest BCUT2D eigenvalue weighted by atomic mass is 9.76. The number of fused-ring (bicyclic) bond motifs is 1. The molecule has 0 aromatic carbocycles. The van der Waals surface area contributed by atoms with Gasteiger partial charge in [-0.3, -0.25) is 14.9 Å². The van der Waals surface area contributed by atoms with Crippen molar-refractivity contribution >= 4 is 36.3 Å². The minimum Gasteiger partial charge on any atom is -0.350 e. The van der Waals surface area contributed by atoms with Crippen LogP contribution in [0.4, 0.5) is 20.4 Å². The van der Waals surface area contributed by atoms with Gasteiger partial charge in [0, 0.05) is 54.2 Å². The van der Waals surface area contributed by atoms with Crippen LogP contribution in [0.5, 0.6) is 0 Å². The Bertz CT molecular complexity index is 1270. The fraction of sp³-hybridized carbons (Fsp3) is 0.600. The Hall–Kier alpha value is -2.88. The fourth-order valence-corrected chi connectivity index (χ4v) is 5.13. The molecule has 5 rings (SSSR count). The predicted octanol–water partition coefficient (Wildman–Crippen LogP) is 6.51. The molecule has 2 radical (unpaired) electrons. The maximum absolute atomic E-state index is 10.8. The van der Waals surface area contributed by atoms with E-state index in [0.29, 0.717) is 23.1 Å². The third kappa shape index (κ3) is 7.65. The topological polar surface area (TPSA) is 70.7 Å². The maximum atomic E-state index is 10.8. The lowest BCUT2D eigenvalue weighted by molar-refractivity contribution is 0.0152. The largest absolute Gasteiger partial charge is 0.350 e. The number of nitrogens with zero attached hydrogens (tertiary/aromatic N) is 6. The molecular weight excluding hydrogens is 507 g/mol. The number of aliphatic imine (C=N–C) groups is 1. The smallest absolute Gasteiger partial charge is 0.240 e. The van der Waals surface area contributed by atoms with Crippen LogP contribution >= 0.6 is 0 Å². The highest BCUT2D eigenvalue weighted by Crippen LogP contribution is 2.38. The van der Waals surface area contributed by atoms with Crippen molar-refractivity contribution in [1.82, 2.24) is 24.5 Å². The van der Waals surface area contributed by atoms with Crippen molar-refractivity contribution in [1.29, 1.82) is 0 Å². The Morgan fingerprint density at radius 1 is 1.15 bits per heavy atom. The number of aromatic nitrogens is 4. The Kier molecular flexibility index (Phi) is 11.2. The van der Waals surface area contributed by atoms with E-state index in [-0.39, 0.29) is 6.42 Å². The van der Waals surface area contributed by atoms with Gasteiger partial charge in [0.15, 0.2) is 0 Å². The van der Waals surface area contributed by atoms with Crippen molar-refractivity contribution < 1.29 is 8.78 Å². The van der Waals surface area contributed by atoms with Gasteiger partial charge in [0.25, 0.3) is 0 Å². The molecule has 0 atom stereocenters. The molecule has 0 unspecified atom stereocenters. The van der Waals surface area contributed by atoms with E-state index in [2.05, 4.69) is 27.1 Å². The number of hydrogen-bond acceptors (Lipinski definition) is 6. The van der Waals surface area contributed by atoms with Gasteiger partial charge in [-0.1, -0.05) is 20.8 Å². The Morgan fingerprint density at radius 2 is 1.80 bits per heavy atom. The summed E-state index contributed by atoms with van der Waals surface area (Å²) >= 11 is 0. The van der Waals surface area contributed by atoms with Crippen LogP contribution in [0.15, 0.2) is 29.4 Å². The SMILES string of the molecule is CC.CCC(F)F.[B]c1nc(NC2CCN(C3(C)CCC3)CC2)nn2ccc(-c3ccc(N=C(C)C)c(C)n3)c12. The van der Waals surface area contributed by atoms with Gasteiger partial charge in [0.05, 0.1) is 22.6 Å². The number of halogens is 2. The number of aryl methyl sites for hydroxylation is 1. The molecule has 40 heavy (non-hydrogen) atoms. The number of alkyl halides is 2. The lowest BCUT2D eigenvalue weighted by Crippen LogP contribution is -2.55. The molecule has 0 spiro atoms. The molecule has 1 aliphatic heterocycles. The highest BCUT2D eigenvalue weighted by Gasteiger charge is 2.39. The molecule has 0 bridgehead atoms. The summed E-state index contributed by atoms with van der Waals surface area (Å²) in [6.07, 6.45) is 6.01. The van der Waals surface area contributed by atoms with Crippen LogP contribution in [0, 0.1) is 6.92 Å². The van der Waals surface area contributed by atoms with Crippen molar-refractivity contribution in [2.45, 2.75) is 105 Å². The first-order chi connectivity index (χ1) is 19.1. The lowest BCUT2D eigenvalue weighted by Gasteiger charge is -2.50. The van der Waals surface area contributed by atoms with Gasteiger partial charge in [0.2, 0.25) is 12.4 Å². The summed E-state index contributed by atoms with van der Waals surface area (Å²) in [6, 6.07) is 6.35. The Balaban J connectivity index is 0.000000570. The zero-order valence-electron chi connectivity index (χ0n) is 25.1. The summed E-state index contributed by atoms with van der Waals surface area (Å²) in [4.78, 5) is 16.6. The average molecular weight is 552 g/mol. The van der Waals surface area contributed by atoms with Gasteiger partial charge in [-0.25, -0.2) is 18.3 Å². The van der Waals surface area contributed by atoms with Crippen LogP contribution in [0.2, 0.25) is 0 Å². The van der Waals surface area contributed by atoms with Crippen molar-refractivity contribution in [3.63, 3.8) is 0 Å². The number of rotatable bonds is 6. The molecule has 3 aromatic rings.